The number of nitrogens with one attached hydrogen (secondary N) is 1. The van der Waals surface area contributed by atoms with Crippen LogP contribution in [0.15, 0.2) is 28.8 Å². The van der Waals surface area contributed by atoms with Gasteiger partial charge in [-0.05, 0) is 31.2 Å². The fraction of sp³-hybridized carbons (Fsp3) is 0.429. The standard InChI is InChI=1S/C14H17FN4O/c1-10-8-16-6-7-19(10)9-13-17-14(18-20-13)11-2-4-12(15)5-3-11/h2-5,10,16H,6-9H2,1H3/t10-/m0/s1. The summed E-state index contributed by atoms with van der Waals surface area (Å²) in [5.41, 5.74) is 0.759. The average molecular weight is 276 g/mol. The largest absolute Gasteiger partial charge is 0.338 e. The van der Waals surface area contributed by atoms with E-state index >= 15 is 0 Å². The van der Waals surface area contributed by atoms with Crippen molar-refractivity contribution < 1.29 is 8.91 Å². The van der Waals surface area contributed by atoms with Gasteiger partial charge in [-0.1, -0.05) is 5.16 Å². The zero-order chi connectivity index (χ0) is 13.9. The molecule has 1 atom stereocenters. The Balaban J connectivity index is 1.71. The van der Waals surface area contributed by atoms with Crippen molar-refractivity contribution in [3.05, 3.63) is 36.0 Å². The summed E-state index contributed by atoms with van der Waals surface area (Å²) in [5.74, 6) is 0.827. The summed E-state index contributed by atoms with van der Waals surface area (Å²) in [6.07, 6.45) is 0. The molecule has 0 saturated carbocycles. The molecule has 2 heterocycles. The molecule has 1 saturated heterocycles. The van der Waals surface area contributed by atoms with Crippen molar-refractivity contribution in [1.29, 1.82) is 0 Å². The fourth-order valence-corrected chi connectivity index (χ4v) is 2.33. The highest BCUT2D eigenvalue weighted by atomic mass is 19.1. The van der Waals surface area contributed by atoms with Crippen LogP contribution in [0.3, 0.4) is 0 Å². The van der Waals surface area contributed by atoms with E-state index in [1.54, 1.807) is 12.1 Å². The summed E-state index contributed by atoms with van der Waals surface area (Å²) in [7, 11) is 0. The number of halogens is 1. The summed E-state index contributed by atoms with van der Waals surface area (Å²) in [6.45, 7) is 5.73. The maximum atomic E-state index is 12.9. The van der Waals surface area contributed by atoms with Crippen LogP contribution in [0.4, 0.5) is 4.39 Å². The lowest BCUT2D eigenvalue weighted by atomic mass is 10.2. The third-order valence-corrected chi connectivity index (χ3v) is 3.55. The van der Waals surface area contributed by atoms with Gasteiger partial charge in [-0.3, -0.25) is 4.90 Å². The molecule has 6 heteroatoms. The molecule has 20 heavy (non-hydrogen) atoms. The zero-order valence-corrected chi connectivity index (χ0v) is 11.3. The highest BCUT2D eigenvalue weighted by Crippen LogP contribution is 2.17. The van der Waals surface area contributed by atoms with E-state index in [0.29, 0.717) is 24.3 Å². The topological polar surface area (TPSA) is 54.2 Å². The van der Waals surface area contributed by atoms with Crippen molar-refractivity contribution in [2.24, 2.45) is 0 Å². The molecule has 3 rings (SSSR count). The summed E-state index contributed by atoms with van der Waals surface area (Å²) < 4.78 is 18.2. The van der Waals surface area contributed by atoms with Crippen LogP contribution in [0, 0.1) is 5.82 Å². The summed E-state index contributed by atoms with van der Waals surface area (Å²) >= 11 is 0. The first kappa shape index (κ1) is 13.2. The van der Waals surface area contributed by atoms with Gasteiger partial charge in [0.25, 0.3) is 0 Å². The molecule has 1 N–H and O–H groups in total. The van der Waals surface area contributed by atoms with E-state index < -0.39 is 0 Å². The number of piperazine rings is 1. The van der Waals surface area contributed by atoms with E-state index in [1.807, 2.05) is 0 Å². The second-order valence-corrected chi connectivity index (χ2v) is 5.04. The third-order valence-electron chi connectivity index (χ3n) is 3.55. The Morgan fingerprint density at radius 1 is 1.40 bits per heavy atom. The first-order valence-electron chi connectivity index (χ1n) is 6.75. The SMILES string of the molecule is C[C@H]1CNCCN1Cc1nc(-c2ccc(F)cc2)no1. The molecule has 1 aliphatic rings. The van der Waals surface area contributed by atoms with Crippen molar-refractivity contribution in [2.45, 2.75) is 19.5 Å². The summed E-state index contributed by atoms with van der Waals surface area (Å²) in [6, 6.07) is 6.53. The van der Waals surface area contributed by atoms with E-state index in [1.165, 1.54) is 12.1 Å². The minimum absolute atomic E-state index is 0.271. The smallest absolute Gasteiger partial charge is 0.241 e. The van der Waals surface area contributed by atoms with E-state index in [-0.39, 0.29) is 5.82 Å². The van der Waals surface area contributed by atoms with Gasteiger partial charge in [0.15, 0.2) is 0 Å². The van der Waals surface area contributed by atoms with Crippen LogP contribution in [-0.4, -0.2) is 40.7 Å². The van der Waals surface area contributed by atoms with E-state index in [4.69, 9.17) is 4.52 Å². The Bertz CT molecular complexity index is 569. The van der Waals surface area contributed by atoms with Gasteiger partial charge in [-0.2, -0.15) is 4.98 Å². The maximum absolute atomic E-state index is 12.9. The third kappa shape index (κ3) is 2.86. The van der Waals surface area contributed by atoms with Gasteiger partial charge < -0.3 is 9.84 Å². The van der Waals surface area contributed by atoms with E-state index in [2.05, 4.69) is 27.3 Å². The van der Waals surface area contributed by atoms with Crippen LogP contribution in [-0.2, 0) is 6.54 Å². The second-order valence-electron chi connectivity index (χ2n) is 5.04. The Hall–Kier alpha value is -1.79. The predicted molar refractivity (Wildman–Crippen MR) is 72.4 cm³/mol. The minimum atomic E-state index is -0.271. The molecule has 0 radical (unpaired) electrons. The van der Waals surface area contributed by atoms with Gasteiger partial charge in [0.1, 0.15) is 5.82 Å². The van der Waals surface area contributed by atoms with Gasteiger partial charge in [-0.25, -0.2) is 4.39 Å². The van der Waals surface area contributed by atoms with Crippen LogP contribution < -0.4 is 5.32 Å². The summed E-state index contributed by atoms with van der Waals surface area (Å²) in [4.78, 5) is 6.68. The molecule has 0 spiro atoms. The van der Waals surface area contributed by atoms with Crippen LogP contribution in [0.5, 0.6) is 0 Å². The molecule has 0 amide bonds. The van der Waals surface area contributed by atoms with Crippen LogP contribution in [0.2, 0.25) is 0 Å². The van der Waals surface area contributed by atoms with Gasteiger partial charge in [0.05, 0.1) is 6.54 Å². The predicted octanol–water partition coefficient (Wildman–Crippen LogP) is 1.67. The van der Waals surface area contributed by atoms with Crippen molar-refractivity contribution >= 4 is 0 Å². The molecule has 0 aliphatic carbocycles. The van der Waals surface area contributed by atoms with Gasteiger partial charge in [-0.15, -0.1) is 0 Å². The number of benzene rings is 1. The molecule has 1 aromatic carbocycles. The monoisotopic (exact) mass is 276 g/mol. The lowest BCUT2D eigenvalue weighted by Gasteiger charge is -2.32. The van der Waals surface area contributed by atoms with Crippen molar-refractivity contribution in [1.82, 2.24) is 20.4 Å². The quantitative estimate of drug-likeness (QED) is 0.924. The van der Waals surface area contributed by atoms with Gasteiger partial charge >= 0.3 is 0 Å². The first-order chi connectivity index (χ1) is 9.72. The number of aromatic nitrogens is 2. The van der Waals surface area contributed by atoms with Crippen molar-refractivity contribution in [2.75, 3.05) is 19.6 Å². The molecule has 106 valence electrons. The first-order valence-corrected chi connectivity index (χ1v) is 6.75. The second kappa shape index (κ2) is 5.68. The van der Waals surface area contributed by atoms with Gasteiger partial charge in [0.2, 0.25) is 11.7 Å². The molecule has 1 aromatic heterocycles. The molecule has 0 bridgehead atoms. The molecular formula is C14H17FN4O. The van der Waals surface area contributed by atoms with Crippen LogP contribution in [0.25, 0.3) is 11.4 Å². The number of rotatable bonds is 3. The molecule has 0 unspecified atom stereocenters. The highest BCUT2D eigenvalue weighted by molar-refractivity contribution is 5.53. The minimum Gasteiger partial charge on any atom is -0.338 e. The zero-order valence-electron chi connectivity index (χ0n) is 11.3. The highest BCUT2D eigenvalue weighted by Gasteiger charge is 2.20. The molecule has 5 nitrogen and oxygen atoms in total. The Morgan fingerprint density at radius 2 is 2.20 bits per heavy atom. The lowest BCUT2D eigenvalue weighted by Crippen LogP contribution is -2.49. The number of hydrogen-bond donors (Lipinski definition) is 1. The molecular weight excluding hydrogens is 259 g/mol. The van der Waals surface area contributed by atoms with Crippen molar-refractivity contribution in [3.63, 3.8) is 0 Å². The molecule has 1 aliphatic heterocycles. The fourth-order valence-electron chi connectivity index (χ4n) is 2.33. The van der Waals surface area contributed by atoms with Gasteiger partial charge in [0, 0.05) is 31.2 Å². The maximum Gasteiger partial charge on any atom is 0.241 e. The van der Waals surface area contributed by atoms with Crippen molar-refractivity contribution in [3.8, 4) is 11.4 Å². The summed E-state index contributed by atoms with van der Waals surface area (Å²) in [5, 5.41) is 7.30. The molecule has 2 aromatic rings. The Kier molecular flexibility index (Phi) is 3.75. The average Bonchev–Trinajstić information content (AvgIpc) is 2.91. The van der Waals surface area contributed by atoms with E-state index in [9.17, 15) is 4.39 Å². The number of hydrogen-bond acceptors (Lipinski definition) is 5. The van der Waals surface area contributed by atoms with E-state index in [0.717, 1.165) is 25.2 Å². The number of nitrogens with zero attached hydrogens (tertiary/aromatic N) is 3. The molecule has 1 fully saturated rings. The van der Waals surface area contributed by atoms with Crippen LogP contribution >= 0.6 is 0 Å². The normalized spacial score (nSPS) is 20.2. The Morgan fingerprint density at radius 3 is 2.95 bits per heavy atom. The Labute approximate surface area is 116 Å². The lowest BCUT2D eigenvalue weighted by molar-refractivity contribution is 0.146. The van der Waals surface area contributed by atoms with Crippen LogP contribution in [0.1, 0.15) is 12.8 Å².